The lowest BCUT2D eigenvalue weighted by atomic mass is 10.1. The summed E-state index contributed by atoms with van der Waals surface area (Å²) in [6.45, 7) is 0.676. The van der Waals surface area contributed by atoms with E-state index < -0.39 is 42.6 Å². The van der Waals surface area contributed by atoms with E-state index in [2.05, 4.69) is 5.32 Å². The third-order valence-corrected chi connectivity index (χ3v) is 8.01. The van der Waals surface area contributed by atoms with Crippen molar-refractivity contribution in [3.05, 3.63) is 45.6 Å². The van der Waals surface area contributed by atoms with Gasteiger partial charge in [-0.15, -0.1) is 36.2 Å². The Bertz CT molecular complexity index is 1310. The van der Waals surface area contributed by atoms with E-state index in [-0.39, 0.29) is 61.7 Å². The fourth-order valence-corrected chi connectivity index (χ4v) is 5.60. The molecule has 44 heavy (non-hydrogen) atoms. The van der Waals surface area contributed by atoms with E-state index in [9.17, 15) is 29.1 Å². The van der Waals surface area contributed by atoms with Gasteiger partial charge in [0.15, 0.2) is 0 Å². The van der Waals surface area contributed by atoms with Crippen LogP contribution in [0.1, 0.15) is 28.9 Å². The molecule has 17 heteroatoms. The molecule has 2 aliphatic heterocycles. The van der Waals surface area contributed by atoms with Crippen molar-refractivity contribution in [1.82, 2.24) is 10.2 Å². The SMILES string of the molecule is Cl.Cl.NCCCC[C@H](NCC(=O)N(C[C@H]1CN(c2ccc(N3CCOCC3=O)cc2)C(=O)O1)C(=O)c1ccc(Cl)s1)C(=O)O. The van der Waals surface area contributed by atoms with E-state index >= 15 is 0 Å². The average molecular weight is 695 g/mol. The molecule has 1 aromatic heterocycles. The molecule has 4 amide bonds. The van der Waals surface area contributed by atoms with E-state index in [0.29, 0.717) is 48.2 Å². The first kappa shape index (κ1) is 37.2. The summed E-state index contributed by atoms with van der Waals surface area (Å²) < 4.78 is 11.0. The highest BCUT2D eigenvalue weighted by atomic mass is 35.5. The van der Waals surface area contributed by atoms with Gasteiger partial charge in [-0.05, 0) is 55.8 Å². The van der Waals surface area contributed by atoms with Crippen LogP contribution in [-0.4, -0.2) is 97.9 Å². The fourth-order valence-electron chi connectivity index (χ4n) is 4.61. The number of cyclic esters (lactones) is 1. The molecule has 4 N–H and O–H groups in total. The molecule has 0 spiro atoms. The van der Waals surface area contributed by atoms with Crippen LogP contribution in [0.4, 0.5) is 16.2 Å². The van der Waals surface area contributed by atoms with Gasteiger partial charge in [0, 0.05) is 17.9 Å². The second-order valence-electron chi connectivity index (χ2n) is 9.70. The van der Waals surface area contributed by atoms with Gasteiger partial charge in [0.25, 0.3) is 11.8 Å². The van der Waals surface area contributed by atoms with Crippen molar-refractivity contribution in [2.24, 2.45) is 5.73 Å². The molecule has 1 aromatic carbocycles. The Morgan fingerprint density at radius 1 is 1.09 bits per heavy atom. The van der Waals surface area contributed by atoms with Gasteiger partial charge >= 0.3 is 12.1 Å². The van der Waals surface area contributed by atoms with Gasteiger partial charge in [-0.2, -0.15) is 0 Å². The summed E-state index contributed by atoms with van der Waals surface area (Å²) in [5.74, 6) is -2.59. The van der Waals surface area contributed by atoms with Gasteiger partial charge in [-0.25, -0.2) is 4.79 Å². The number of nitrogens with one attached hydrogen (secondary N) is 1. The lowest BCUT2D eigenvalue weighted by molar-refractivity contribution is -0.140. The first-order valence-corrected chi connectivity index (χ1v) is 14.6. The van der Waals surface area contributed by atoms with E-state index in [0.717, 1.165) is 16.2 Å². The number of halogens is 3. The minimum absolute atomic E-state index is 0. The second-order valence-corrected chi connectivity index (χ2v) is 11.4. The number of carboxylic acids is 1. The van der Waals surface area contributed by atoms with Crippen LogP contribution >= 0.6 is 47.8 Å². The van der Waals surface area contributed by atoms with Gasteiger partial charge in [0.1, 0.15) is 18.8 Å². The molecule has 0 aliphatic carbocycles. The molecule has 2 aliphatic rings. The van der Waals surface area contributed by atoms with Crippen molar-refractivity contribution in [1.29, 1.82) is 0 Å². The minimum atomic E-state index is -1.12. The molecule has 0 bridgehead atoms. The topological polar surface area (TPSA) is 172 Å². The highest BCUT2D eigenvalue weighted by molar-refractivity contribution is 7.18. The van der Waals surface area contributed by atoms with Crippen LogP contribution < -0.4 is 20.9 Å². The third-order valence-electron chi connectivity index (χ3n) is 6.79. The van der Waals surface area contributed by atoms with Crippen LogP contribution in [0.25, 0.3) is 0 Å². The number of morpholine rings is 1. The number of thiophene rings is 1. The number of hydrogen-bond acceptors (Lipinski definition) is 10. The zero-order chi connectivity index (χ0) is 30.2. The van der Waals surface area contributed by atoms with Crippen LogP contribution in [-0.2, 0) is 23.9 Å². The number of nitrogens with two attached hydrogens (primary N) is 1. The Balaban J connectivity index is 0.00000337. The predicted octanol–water partition coefficient (Wildman–Crippen LogP) is 2.77. The summed E-state index contributed by atoms with van der Waals surface area (Å²) in [5.41, 5.74) is 6.68. The summed E-state index contributed by atoms with van der Waals surface area (Å²) in [4.78, 5) is 67.3. The Morgan fingerprint density at radius 3 is 2.36 bits per heavy atom. The molecular weight excluding hydrogens is 661 g/mol. The number of anilines is 2. The van der Waals surface area contributed by atoms with Crippen LogP contribution in [0.5, 0.6) is 0 Å². The number of carbonyl (C=O) groups is 5. The number of carboxylic acid groups (broad SMARTS) is 1. The van der Waals surface area contributed by atoms with E-state index in [1.165, 1.54) is 17.0 Å². The maximum absolute atomic E-state index is 13.3. The molecule has 0 unspecified atom stereocenters. The Morgan fingerprint density at radius 2 is 1.77 bits per heavy atom. The van der Waals surface area contributed by atoms with Gasteiger partial charge in [0.2, 0.25) is 5.91 Å². The Hall–Kier alpha value is -2.98. The molecule has 13 nitrogen and oxygen atoms in total. The molecule has 4 rings (SSSR count). The maximum Gasteiger partial charge on any atom is 0.414 e. The maximum atomic E-state index is 13.3. The molecular formula is C27H34Cl3N5O8S. The number of amides is 4. The molecule has 0 saturated carbocycles. The van der Waals surface area contributed by atoms with Crippen LogP contribution in [0.2, 0.25) is 4.34 Å². The number of hydrogen-bond donors (Lipinski definition) is 3. The first-order valence-electron chi connectivity index (χ1n) is 13.4. The fraction of sp³-hybridized carbons (Fsp3) is 0.444. The quantitative estimate of drug-likeness (QED) is 0.265. The molecule has 2 fully saturated rings. The number of imide groups is 1. The standard InChI is InChI=1S/C27H32ClN5O8S.2ClH/c28-22-9-8-21(42-22)25(36)33(23(34)13-30-20(26(37)38)3-1-2-10-29)15-19-14-32(27(39)41-19)18-6-4-17(5-7-18)31-11-12-40-16-24(31)35;;/h4-9,19-20,30H,1-3,10-16,29H2,(H,37,38);2*1H/t19-,20+;;/m1../s1. The van der Waals surface area contributed by atoms with E-state index in [4.69, 9.17) is 26.8 Å². The van der Waals surface area contributed by atoms with Crippen molar-refractivity contribution in [2.45, 2.75) is 31.4 Å². The van der Waals surface area contributed by atoms with Gasteiger partial charge < -0.3 is 25.2 Å². The van der Waals surface area contributed by atoms with Gasteiger partial charge in [-0.1, -0.05) is 18.0 Å². The number of unbranched alkanes of at least 4 members (excludes halogenated alkanes) is 1. The smallest absolute Gasteiger partial charge is 0.414 e. The second kappa shape index (κ2) is 17.5. The minimum Gasteiger partial charge on any atom is -0.480 e. The van der Waals surface area contributed by atoms with Crippen LogP contribution in [0.15, 0.2) is 36.4 Å². The summed E-state index contributed by atoms with van der Waals surface area (Å²) in [5, 5.41) is 12.2. The summed E-state index contributed by atoms with van der Waals surface area (Å²) in [6, 6.07) is 8.83. The third kappa shape index (κ3) is 9.51. The number of nitrogens with zero attached hydrogens (tertiary/aromatic N) is 3. The van der Waals surface area contributed by atoms with E-state index in [1.54, 1.807) is 29.2 Å². The van der Waals surface area contributed by atoms with Gasteiger partial charge in [-0.3, -0.25) is 34.3 Å². The summed E-state index contributed by atoms with van der Waals surface area (Å²) in [7, 11) is 0. The zero-order valence-corrected chi connectivity index (χ0v) is 26.7. The van der Waals surface area contributed by atoms with Crippen molar-refractivity contribution in [3.63, 3.8) is 0 Å². The molecule has 0 radical (unpaired) electrons. The number of ether oxygens (including phenoxy) is 2. The Kier molecular flexibility index (Phi) is 14.8. The van der Waals surface area contributed by atoms with Crippen molar-refractivity contribution in [2.75, 3.05) is 55.7 Å². The highest BCUT2D eigenvalue weighted by Gasteiger charge is 2.37. The monoisotopic (exact) mass is 693 g/mol. The molecule has 2 saturated heterocycles. The highest BCUT2D eigenvalue weighted by Crippen LogP contribution is 2.27. The normalized spacial score (nSPS) is 16.9. The number of carbonyl (C=O) groups excluding carboxylic acids is 4. The van der Waals surface area contributed by atoms with Gasteiger partial charge in [0.05, 0.1) is 35.5 Å². The zero-order valence-electron chi connectivity index (χ0n) is 23.5. The van der Waals surface area contributed by atoms with Crippen LogP contribution in [0, 0.1) is 0 Å². The number of rotatable bonds is 13. The molecule has 3 heterocycles. The molecule has 242 valence electrons. The first-order chi connectivity index (χ1) is 20.2. The molecule has 2 atom stereocenters. The van der Waals surface area contributed by atoms with Crippen molar-refractivity contribution < 1.29 is 38.6 Å². The summed E-state index contributed by atoms with van der Waals surface area (Å²) >= 11 is 7.00. The number of benzene rings is 1. The Labute approximate surface area is 275 Å². The predicted molar refractivity (Wildman–Crippen MR) is 169 cm³/mol. The van der Waals surface area contributed by atoms with Crippen LogP contribution in [0.3, 0.4) is 0 Å². The van der Waals surface area contributed by atoms with E-state index in [1.807, 2.05) is 0 Å². The molecule has 2 aromatic rings. The lowest BCUT2D eigenvalue weighted by Crippen LogP contribution is -2.49. The lowest BCUT2D eigenvalue weighted by Gasteiger charge is -2.27. The summed E-state index contributed by atoms with van der Waals surface area (Å²) in [6.07, 6.45) is -0.0370. The largest absolute Gasteiger partial charge is 0.480 e. The number of aliphatic carboxylic acids is 1. The van der Waals surface area contributed by atoms with Crippen molar-refractivity contribution in [3.8, 4) is 0 Å². The average Bonchev–Trinajstić information content (AvgIpc) is 3.58. The van der Waals surface area contributed by atoms with Crippen molar-refractivity contribution >= 4 is 88.9 Å².